The summed E-state index contributed by atoms with van der Waals surface area (Å²) in [5, 5.41) is 0. The average Bonchev–Trinajstić information content (AvgIpc) is 2.76. The lowest BCUT2D eigenvalue weighted by Crippen LogP contribution is -2.04. The van der Waals surface area contributed by atoms with Crippen molar-refractivity contribution >= 4 is 16.7 Å². The molecule has 0 aliphatic heterocycles. The molecule has 2 N–H and O–H groups in total. The first-order chi connectivity index (χ1) is 9.97. The molecular formula is C17H18FN3. The molecule has 3 rings (SSSR count). The fourth-order valence-electron chi connectivity index (χ4n) is 2.66. The molecule has 0 amide bonds. The zero-order valence-corrected chi connectivity index (χ0v) is 12.4. The second-order valence-corrected chi connectivity index (χ2v) is 5.62. The fourth-order valence-corrected chi connectivity index (χ4v) is 2.66. The Kier molecular flexibility index (Phi) is 3.16. The fraction of sp³-hybridized carbons (Fsp3) is 0.235. The molecule has 0 aliphatic carbocycles. The zero-order chi connectivity index (χ0) is 15.1. The lowest BCUT2D eigenvalue weighted by molar-refractivity contribution is 0.622. The smallest absolute Gasteiger partial charge is 0.143 e. The van der Waals surface area contributed by atoms with E-state index in [1.807, 2.05) is 6.92 Å². The average molecular weight is 283 g/mol. The molecule has 21 heavy (non-hydrogen) atoms. The monoisotopic (exact) mass is 283 g/mol. The molecule has 2 aromatic carbocycles. The molecule has 1 aromatic heterocycles. The number of nitrogen functional groups attached to an aromatic ring is 1. The second kappa shape index (κ2) is 4.88. The number of aromatic nitrogens is 2. The van der Waals surface area contributed by atoms with Crippen LogP contribution in [0.25, 0.3) is 22.4 Å². The van der Waals surface area contributed by atoms with E-state index in [0.717, 1.165) is 28.0 Å². The van der Waals surface area contributed by atoms with Gasteiger partial charge >= 0.3 is 0 Å². The van der Waals surface area contributed by atoms with Crippen LogP contribution in [0.4, 0.5) is 10.1 Å². The van der Waals surface area contributed by atoms with Crippen molar-refractivity contribution in [3.05, 3.63) is 47.8 Å². The minimum absolute atomic E-state index is 0.233. The molecule has 0 saturated carbocycles. The highest BCUT2D eigenvalue weighted by atomic mass is 19.1. The van der Waals surface area contributed by atoms with Crippen LogP contribution in [0.2, 0.25) is 0 Å². The molecule has 108 valence electrons. The highest BCUT2D eigenvalue weighted by molar-refractivity contribution is 5.84. The van der Waals surface area contributed by atoms with Gasteiger partial charge in [-0.1, -0.05) is 6.07 Å². The van der Waals surface area contributed by atoms with Crippen LogP contribution < -0.4 is 5.73 Å². The highest BCUT2D eigenvalue weighted by Crippen LogP contribution is 2.32. The van der Waals surface area contributed by atoms with Crippen molar-refractivity contribution < 1.29 is 4.39 Å². The number of hydrogen-bond acceptors (Lipinski definition) is 2. The summed E-state index contributed by atoms with van der Waals surface area (Å²) in [6, 6.07) is 10.9. The SMILES string of the molecule is Cc1ccc2c(c1)nc(-c1ccc(F)cc1N)n2C(C)C. The third kappa shape index (κ3) is 2.27. The van der Waals surface area contributed by atoms with Crippen molar-refractivity contribution in [2.75, 3.05) is 5.73 Å². The Morgan fingerprint density at radius 1 is 1.14 bits per heavy atom. The second-order valence-electron chi connectivity index (χ2n) is 5.62. The van der Waals surface area contributed by atoms with Crippen molar-refractivity contribution in [2.45, 2.75) is 26.8 Å². The predicted molar refractivity (Wildman–Crippen MR) is 84.7 cm³/mol. The van der Waals surface area contributed by atoms with E-state index in [4.69, 9.17) is 10.7 Å². The van der Waals surface area contributed by atoms with E-state index < -0.39 is 0 Å². The van der Waals surface area contributed by atoms with Gasteiger partial charge in [0.25, 0.3) is 0 Å². The Bertz CT molecular complexity index is 818. The van der Waals surface area contributed by atoms with Crippen LogP contribution in [-0.2, 0) is 0 Å². The van der Waals surface area contributed by atoms with Gasteiger partial charge < -0.3 is 10.3 Å². The summed E-state index contributed by atoms with van der Waals surface area (Å²) < 4.78 is 15.4. The zero-order valence-electron chi connectivity index (χ0n) is 12.4. The van der Waals surface area contributed by atoms with Gasteiger partial charge in [0.05, 0.1) is 11.0 Å². The number of anilines is 1. The number of imidazole rings is 1. The Hall–Kier alpha value is -2.36. The Balaban J connectivity index is 2.33. The topological polar surface area (TPSA) is 43.8 Å². The molecule has 3 nitrogen and oxygen atoms in total. The van der Waals surface area contributed by atoms with E-state index in [0.29, 0.717) is 5.69 Å². The first-order valence-electron chi connectivity index (χ1n) is 7.01. The molecule has 0 atom stereocenters. The van der Waals surface area contributed by atoms with E-state index >= 15 is 0 Å². The predicted octanol–water partition coefficient (Wildman–Crippen LogP) is 4.31. The standard InChI is InChI=1S/C17H18FN3/c1-10(2)21-16-7-4-11(3)8-15(16)20-17(21)13-6-5-12(18)9-14(13)19/h4-10H,19H2,1-3H3. The number of fused-ring (bicyclic) bond motifs is 1. The number of rotatable bonds is 2. The molecule has 0 aliphatic rings. The van der Waals surface area contributed by atoms with Crippen molar-refractivity contribution in [1.29, 1.82) is 0 Å². The molecule has 3 aromatic rings. The van der Waals surface area contributed by atoms with E-state index in [1.165, 1.54) is 12.1 Å². The lowest BCUT2D eigenvalue weighted by Gasteiger charge is -2.14. The summed E-state index contributed by atoms with van der Waals surface area (Å²) in [7, 11) is 0. The largest absolute Gasteiger partial charge is 0.398 e. The quantitative estimate of drug-likeness (QED) is 0.712. The van der Waals surface area contributed by atoms with Gasteiger partial charge in [0.15, 0.2) is 0 Å². The summed E-state index contributed by atoms with van der Waals surface area (Å²) in [6.07, 6.45) is 0. The van der Waals surface area contributed by atoms with Crippen molar-refractivity contribution in [2.24, 2.45) is 0 Å². The van der Waals surface area contributed by atoms with Gasteiger partial charge in [-0.15, -0.1) is 0 Å². The van der Waals surface area contributed by atoms with Crippen molar-refractivity contribution in [3.8, 4) is 11.4 Å². The maximum Gasteiger partial charge on any atom is 0.143 e. The molecule has 0 saturated heterocycles. The minimum atomic E-state index is -0.334. The highest BCUT2D eigenvalue weighted by Gasteiger charge is 2.17. The molecule has 0 unspecified atom stereocenters. The summed E-state index contributed by atoms with van der Waals surface area (Å²) in [5.41, 5.74) is 10.3. The van der Waals surface area contributed by atoms with E-state index in [2.05, 4.69) is 36.6 Å². The van der Waals surface area contributed by atoms with Crippen molar-refractivity contribution in [1.82, 2.24) is 9.55 Å². The number of aryl methyl sites for hydroxylation is 1. The number of hydrogen-bond donors (Lipinski definition) is 1. The van der Waals surface area contributed by atoms with Gasteiger partial charge in [-0.05, 0) is 56.7 Å². The van der Waals surface area contributed by atoms with E-state index in [-0.39, 0.29) is 11.9 Å². The summed E-state index contributed by atoms with van der Waals surface area (Å²) in [5.74, 6) is 0.447. The van der Waals surface area contributed by atoms with Crippen LogP contribution in [0.15, 0.2) is 36.4 Å². The Labute approximate surface area is 123 Å². The normalized spacial score (nSPS) is 11.5. The van der Waals surface area contributed by atoms with Crippen LogP contribution in [0.5, 0.6) is 0 Å². The minimum Gasteiger partial charge on any atom is -0.398 e. The van der Waals surface area contributed by atoms with E-state index in [1.54, 1.807) is 6.07 Å². The molecule has 0 fully saturated rings. The number of nitrogens with two attached hydrogens (primary N) is 1. The maximum absolute atomic E-state index is 13.3. The van der Waals surface area contributed by atoms with Gasteiger partial charge in [-0.25, -0.2) is 9.37 Å². The first-order valence-corrected chi connectivity index (χ1v) is 7.01. The Morgan fingerprint density at radius 3 is 2.57 bits per heavy atom. The van der Waals surface area contributed by atoms with Gasteiger partial charge in [-0.3, -0.25) is 0 Å². The molecular weight excluding hydrogens is 265 g/mol. The van der Waals surface area contributed by atoms with Crippen LogP contribution in [0.1, 0.15) is 25.5 Å². The molecule has 1 heterocycles. The number of halogens is 1. The molecule has 0 bridgehead atoms. The summed E-state index contributed by atoms with van der Waals surface area (Å²) in [6.45, 7) is 6.24. The molecule has 4 heteroatoms. The Morgan fingerprint density at radius 2 is 1.90 bits per heavy atom. The van der Waals surface area contributed by atoms with Crippen LogP contribution in [-0.4, -0.2) is 9.55 Å². The molecule has 0 spiro atoms. The van der Waals surface area contributed by atoms with Gasteiger partial charge in [0, 0.05) is 17.3 Å². The maximum atomic E-state index is 13.3. The van der Waals surface area contributed by atoms with Crippen molar-refractivity contribution in [3.63, 3.8) is 0 Å². The summed E-state index contributed by atoms with van der Waals surface area (Å²) >= 11 is 0. The third-order valence-corrected chi connectivity index (χ3v) is 3.62. The third-order valence-electron chi connectivity index (χ3n) is 3.62. The van der Waals surface area contributed by atoms with Crippen LogP contribution in [0, 0.1) is 12.7 Å². The van der Waals surface area contributed by atoms with Gasteiger partial charge in [-0.2, -0.15) is 0 Å². The number of benzene rings is 2. The lowest BCUT2D eigenvalue weighted by atomic mass is 10.1. The van der Waals surface area contributed by atoms with Crippen LogP contribution in [0.3, 0.4) is 0 Å². The number of nitrogens with zero attached hydrogens (tertiary/aromatic N) is 2. The van der Waals surface area contributed by atoms with Gasteiger partial charge in [0.1, 0.15) is 11.6 Å². The van der Waals surface area contributed by atoms with Gasteiger partial charge in [0.2, 0.25) is 0 Å². The summed E-state index contributed by atoms with van der Waals surface area (Å²) in [4.78, 5) is 4.72. The van der Waals surface area contributed by atoms with Crippen LogP contribution >= 0.6 is 0 Å². The first kappa shape index (κ1) is 13.6. The molecule has 0 radical (unpaired) electrons. The van der Waals surface area contributed by atoms with E-state index in [9.17, 15) is 4.39 Å².